The van der Waals surface area contributed by atoms with Gasteiger partial charge >= 0.3 is 0 Å². The van der Waals surface area contributed by atoms with Crippen LogP contribution in [0.2, 0.25) is 0 Å². The minimum absolute atomic E-state index is 0.0248. The van der Waals surface area contributed by atoms with Crippen molar-refractivity contribution in [1.29, 1.82) is 0 Å². The molecule has 2 heterocycles. The van der Waals surface area contributed by atoms with E-state index in [0.717, 1.165) is 49.3 Å². The molecule has 5 rings (SSSR count). The summed E-state index contributed by atoms with van der Waals surface area (Å²) in [4.78, 5) is 32.2. The van der Waals surface area contributed by atoms with Crippen molar-refractivity contribution in [2.75, 3.05) is 39.8 Å². The van der Waals surface area contributed by atoms with Crippen LogP contribution in [0.5, 0.6) is 0 Å². The highest BCUT2D eigenvalue weighted by atomic mass is 19.1. The van der Waals surface area contributed by atoms with Crippen LogP contribution in [0, 0.1) is 5.82 Å². The first-order valence-electron chi connectivity index (χ1n) is 13.6. The van der Waals surface area contributed by atoms with Gasteiger partial charge in [0.15, 0.2) is 0 Å². The van der Waals surface area contributed by atoms with Gasteiger partial charge in [0, 0.05) is 56.3 Å². The van der Waals surface area contributed by atoms with Gasteiger partial charge in [-0.2, -0.15) is 15.0 Å². The topological polar surface area (TPSA) is 95.4 Å². The van der Waals surface area contributed by atoms with Gasteiger partial charge in [-0.1, -0.05) is 24.3 Å². The van der Waals surface area contributed by atoms with Gasteiger partial charge in [-0.05, 0) is 62.7 Å². The van der Waals surface area contributed by atoms with Crippen LogP contribution in [0.1, 0.15) is 41.1 Å². The molecule has 2 amide bonds. The van der Waals surface area contributed by atoms with Gasteiger partial charge in [-0.15, -0.1) is 0 Å². The lowest BCUT2D eigenvalue weighted by atomic mass is 10.1. The number of carbonyl (C=O) groups excluding carboxylic acids is 2. The van der Waals surface area contributed by atoms with Crippen molar-refractivity contribution in [3.8, 4) is 11.3 Å². The third-order valence-electron chi connectivity index (χ3n) is 7.63. The van der Waals surface area contributed by atoms with E-state index in [9.17, 15) is 14.0 Å². The van der Waals surface area contributed by atoms with Crippen molar-refractivity contribution in [2.45, 2.75) is 37.3 Å². The second-order valence-electron chi connectivity index (χ2n) is 10.5. The molecule has 39 heavy (non-hydrogen) atoms. The first kappa shape index (κ1) is 27.0. The first-order chi connectivity index (χ1) is 18.9. The molecule has 1 saturated heterocycles. The van der Waals surface area contributed by atoms with E-state index in [2.05, 4.69) is 32.8 Å². The Kier molecular flexibility index (Phi) is 8.33. The van der Waals surface area contributed by atoms with Gasteiger partial charge in [-0.25, -0.2) is 4.39 Å². The van der Waals surface area contributed by atoms with Crippen molar-refractivity contribution in [2.24, 2.45) is 7.05 Å². The van der Waals surface area contributed by atoms with Crippen LogP contribution in [-0.4, -0.2) is 88.5 Å². The van der Waals surface area contributed by atoms with Gasteiger partial charge in [0.05, 0.1) is 6.20 Å². The summed E-state index contributed by atoms with van der Waals surface area (Å²) in [6, 6.07) is 13.7. The van der Waals surface area contributed by atoms with Gasteiger partial charge in [0.1, 0.15) is 17.6 Å². The number of rotatable bonds is 10. The predicted molar refractivity (Wildman–Crippen MR) is 147 cm³/mol. The van der Waals surface area contributed by atoms with Gasteiger partial charge in [0.25, 0.3) is 5.91 Å². The molecule has 10 heteroatoms. The smallest absolute Gasteiger partial charge is 0.251 e. The molecule has 0 radical (unpaired) electrons. The molecule has 1 aliphatic heterocycles. The van der Waals surface area contributed by atoms with Crippen molar-refractivity contribution < 1.29 is 14.0 Å². The third kappa shape index (κ3) is 6.88. The van der Waals surface area contributed by atoms with E-state index in [4.69, 9.17) is 0 Å². The molecule has 0 unspecified atom stereocenters. The van der Waals surface area contributed by atoms with Crippen LogP contribution in [0.25, 0.3) is 11.3 Å². The normalized spacial score (nSPS) is 20.0. The Morgan fingerprint density at radius 2 is 1.74 bits per heavy atom. The summed E-state index contributed by atoms with van der Waals surface area (Å²) >= 11 is 0. The Labute approximate surface area is 228 Å². The molecule has 3 aromatic rings. The van der Waals surface area contributed by atoms with E-state index in [-0.39, 0.29) is 17.6 Å². The molecule has 1 saturated carbocycles. The zero-order valence-corrected chi connectivity index (χ0v) is 22.5. The van der Waals surface area contributed by atoms with Crippen LogP contribution in [0.3, 0.4) is 0 Å². The lowest BCUT2D eigenvalue weighted by molar-refractivity contribution is -0.135. The highest BCUT2D eigenvalue weighted by Crippen LogP contribution is 2.40. The fraction of sp³-hybridized carbons (Fsp3) is 0.448. The summed E-state index contributed by atoms with van der Waals surface area (Å²) in [5, 5.41) is 15.0. The van der Waals surface area contributed by atoms with Crippen LogP contribution >= 0.6 is 0 Å². The zero-order chi connectivity index (χ0) is 27.4. The average Bonchev–Trinajstić information content (AvgIpc) is 3.59. The number of nitrogens with zero attached hydrogens (tertiary/aromatic N) is 5. The monoisotopic (exact) mass is 533 g/mol. The number of aryl methyl sites for hydroxylation is 1. The van der Waals surface area contributed by atoms with E-state index in [1.54, 1.807) is 25.4 Å². The van der Waals surface area contributed by atoms with Crippen LogP contribution in [0.4, 0.5) is 4.39 Å². The number of hydrogen-bond donors (Lipinski definition) is 2. The second-order valence-corrected chi connectivity index (χ2v) is 10.5. The molecule has 9 nitrogen and oxygen atoms in total. The number of nitrogens with one attached hydrogen (secondary N) is 2. The molecule has 1 aliphatic carbocycles. The molecule has 206 valence electrons. The lowest BCUT2D eigenvalue weighted by Crippen LogP contribution is -2.54. The summed E-state index contributed by atoms with van der Waals surface area (Å²) in [7, 11) is 3.81. The molecule has 0 bridgehead atoms. The van der Waals surface area contributed by atoms with Crippen molar-refractivity contribution >= 4 is 11.8 Å². The summed E-state index contributed by atoms with van der Waals surface area (Å²) < 4.78 is 13.2. The predicted octanol–water partition coefficient (Wildman–Crippen LogP) is 2.42. The number of aromatic nitrogens is 3. The SMILES string of the molecule is CN1CCN(C(=O)[C@H](CCCN[C@@H]2C[C@H]2c2ccc(F)cc2)NC(=O)c2ccc(-c3cnn(C)n3)cc2)CC1. The van der Waals surface area contributed by atoms with E-state index < -0.39 is 6.04 Å². The Bertz CT molecular complexity index is 1270. The average molecular weight is 534 g/mol. The van der Waals surface area contributed by atoms with E-state index in [1.165, 1.54) is 16.9 Å². The highest BCUT2D eigenvalue weighted by Gasteiger charge is 2.37. The lowest BCUT2D eigenvalue weighted by Gasteiger charge is -2.34. The summed E-state index contributed by atoms with van der Waals surface area (Å²) in [5.74, 6) is -0.107. The summed E-state index contributed by atoms with van der Waals surface area (Å²) in [6.07, 6.45) is 4.01. The van der Waals surface area contributed by atoms with Crippen LogP contribution < -0.4 is 10.6 Å². The number of piperazine rings is 1. The Hall–Kier alpha value is -3.63. The number of likely N-dealkylation sites (N-methyl/N-ethyl adjacent to an activating group) is 1. The van der Waals surface area contributed by atoms with Crippen LogP contribution in [0.15, 0.2) is 54.7 Å². The van der Waals surface area contributed by atoms with E-state index in [0.29, 0.717) is 37.0 Å². The number of amides is 2. The number of halogens is 1. The Morgan fingerprint density at radius 3 is 2.41 bits per heavy atom. The van der Waals surface area contributed by atoms with Gasteiger partial charge in [0.2, 0.25) is 5.91 Å². The van der Waals surface area contributed by atoms with Crippen molar-refractivity contribution in [1.82, 2.24) is 35.4 Å². The fourth-order valence-corrected chi connectivity index (χ4v) is 5.11. The largest absolute Gasteiger partial charge is 0.340 e. The molecule has 2 fully saturated rings. The maximum atomic E-state index is 13.4. The first-order valence-corrected chi connectivity index (χ1v) is 13.6. The Morgan fingerprint density at radius 1 is 1.03 bits per heavy atom. The summed E-state index contributed by atoms with van der Waals surface area (Å²) in [6.45, 7) is 3.72. The molecule has 3 atom stereocenters. The van der Waals surface area contributed by atoms with E-state index >= 15 is 0 Å². The van der Waals surface area contributed by atoms with Gasteiger partial charge in [-0.3, -0.25) is 9.59 Å². The molecular weight excluding hydrogens is 497 g/mol. The maximum Gasteiger partial charge on any atom is 0.251 e. The quantitative estimate of drug-likeness (QED) is 0.389. The Balaban J connectivity index is 1.17. The van der Waals surface area contributed by atoms with Crippen molar-refractivity contribution in [3.63, 3.8) is 0 Å². The van der Waals surface area contributed by atoms with E-state index in [1.807, 2.05) is 29.2 Å². The van der Waals surface area contributed by atoms with Gasteiger partial charge < -0.3 is 20.4 Å². The molecule has 0 spiro atoms. The minimum atomic E-state index is -0.588. The second kappa shape index (κ2) is 12.0. The number of carbonyl (C=O) groups is 2. The highest BCUT2D eigenvalue weighted by molar-refractivity contribution is 5.97. The molecule has 2 aromatic carbocycles. The maximum absolute atomic E-state index is 13.4. The van der Waals surface area contributed by atoms with Crippen molar-refractivity contribution in [3.05, 3.63) is 71.7 Å². The zero-order valence-electron chi connectivity index (χ0n) is 22.5. The van der Waals surface area contributed by atoms with Crippen LogP contribution in [-0.2, 0) is 11.8 Å². The minimum Gasteiger partial charge on any atom is -0.340 e. The fourth-order valence-electron chi connectivity index (χ4n) is 5.11. The third-order valence-corrected chi connectivity index (χ3v) is 7.63. The molecule has 2 N–H and O–H groups in total. The molecule has 1 aromatic heterocycles. The molecule has 2 aliphatic rings. The standard InChI is InChI=1S/C29H36FN7O2/c1-35-14-16-37(17-15-35)29(39)25(4-3-13-31-26-18-24(26)20-9-11-23(30)12-10-20)33-28(38)22-7-5-21(6-8-22)27-19-32-36(2)34-27/h5-12,19,24-26,31H,3-4,13-18H2,1-2H3,(H,33,38)/t24-,25-,26+/m0/s1. The number of benzene rings is 2. The summed E-state index contributed by atoms with van der Waals surface area (Å²) in [5.41, 5.74) is 3.25. The number of hydrogen-bond acceptors (Lipinski definition) is 6. The molecular formula is C29H36FN7O2.